The van der Waals surface area contributed by atoms with E-state index in [-0.39, 0.29) is 24.4 Å². The van der Waals surface area contributed by atoms with E-state index in [0.29, 0.717) is 18.8 Å². The Morgan fingerprint density at radius 2 is 2.14 bits per heavy atom. The SMILES string of the molecule is Cc1cnc(CN2CC(=O)N3CCCC3C2=O)c(C)c1N. The number of nitrogens with zero attached hydrogens (tertiary/aromatic N) is 3. The molecule has 6 nitrogen and oxygen atoms in total. The molecule has 2 fully saturated rings. The number of carbonyl (C=O) groups excluding carboxylic acids is 2. The Morgan fingerprint density at radius 1 is 1.38 bits per heavy atom. The highest BCUT2D eigenvalue weighted by Crippen LogP contribution is 2.26. The van der Waals surface area contributed by atoms with Crippen molar-refractivity contribution in [3.8, 4) is 0 Å². The summed E-state index contributed by atoms with van der Waals surface area (Å²) < 4.78 is 0. The van der Waals surface area contributed by atoms with Crippen LogP contribution in [-0.2, 0) is 16.1 Å². The number of aryl methyl sites for hydroxylation is 1. The maximum absolute atomic E-state index is 12.5. The van der Waals surface area contributed by atoms with Crippen molar-refractivity contribution >= 4 is 17.5 Å². The van der Waals surface area contributed by atoms with Gasteiger partial charge in [0.2, 0.25) is 11.8 Å². The molecule has 3 heterocycles. The molecule has 2 saturated heterocycles. The molecule has 0 saturated carbocycles. The van der Waals surface area contributed by atoms with Gasteiger partial charge in [-0.2, -0.15) is 0 Å². The number of nitrogen functional groups attached to an aromatic ring is 1. The number of pyridine rings is 1. The van der Waals surface area contributed by atoms with Gasteiger partial charge in [-0.05, 0) is 37.8 Å². The zero-order valence-corrected chi connectivity index (χ0v) is 12.4. The van der Waals surface area contributed by atoms with Crippen molar-refractivity contribution in [3.05, 3.63) is 23.0 Å². The molecule has 2 aliphatic heterocycles. The lowest BCUT2D eigenvalue weighted by molar-refractivity contribution is -0.154. The molecule has 21 heavy (non-hydrogen) atoms. The number of piperazine rings is 1. The van der Waals surface area contributed by atoms with Gasteiger partial charge in [-0.1, -0.05) is 0 Å². The molecular formula is C15H20N4O2. The summed E-state index contributed by atoms with van der Waals surface area (Å²) in [5.41, 5.74) is 9.32. The molecule has 1 aromatic rings. The van der Waals surface area contributed by atoms with Gasteiger partial charge in [0.25, 0.3) is 0 Å². The number of rotatable bonds is 2. The summed E-state index contributed by atoms with van der Waals surface area (Å²) in [7, 11) is 0. The third kappa shape index (κ3) is 2.24. The van der Waals surface area contributed by atoms with E-state index in [1.54, 1.807) is 16.0 Å². The van der Waals surface area contributed by atoms with E-state index >= 15 is 0 Å². The topological polar surface area (TPSA) is 79.5 Å². The molecule has 1 unspecified atom stereocenters. The minimum absolute atomic E-state index is 0.0347. The standard InChI is InChI=1S/C15H20N4O2/c1-9-6-17-11(10(2)14(9)16)7-18-8-13(20)19-5-3-4-12(19)15(18)21/h6,12H,3-5,7-8H2,1-2H3,(H2,16,17). The molecule has 0 radical (unpaired) electrons. The highest BCUT2D eigenvalue weighted by Gasteiger charge is 2.41. The fourth-order valence-electron chi connectivity index (χ4n) is 3.13. The van der Waals surface area contributed by atoms with Gasteiger partial charge in [0.1, 0.15) is 12.6 Å². The Morgan fingerprint density at radius 3 is 2.90 bits per heavy atom. The van der Waals surface area contributed by atoms with Crippen LogP contribution in [-0.4, -0.2) is 45.7 Å². The van der Waals surface area contributed by atoms with Gasteiger partial charge in [-0.25, -0.2) is 0 Å². The molecule has 3 rings (SSSR count). The van der Waals surface area contributed by atoms with Crippen LogP contribution in [0.3, 0.4) is 0 Å². The molecule has 1 atom stereocenters. The maximum Gasteiger partial charge on any atom is 0.246 e. The van der Waals surface area contributed by atoms with E-state index in [4.69, 9.17) is 5.73 Å². The van der Waals surface area contributed by atoms with Crippen molar-refractivity contribution in [2.75, 3.05) is 18.8 Å². The highest BCUT2D eigenvalue weighted by atomic mass is 16.2. The lowest BCUT2D eigenvalue weighted by Gasteiger charge is -2.36. The van der Waals surface area contributed by atoms with Crippen molar-refractivity contribution < 1.29 is 9.59 Å². The number of fused-ring (bicyclic) bond motifs is 1. The molecule has 0 bridgehead atoms. The van der Waals surface area contributed by atoms with Crippen LogP contribution in [0.2, 0.25) is 0 Å². The molecule has 2 amide bonds. The lowest BCUT2D eigenvalue weighted by Crippen LogP contribution is -2.57. The van der Waals surface area contributed by atoms with Crippen LogP contribution < -0.4 is 5.73 Å². The maximum atomic E-state index is 12.5. The third-order valence-electron chi connectivity index (χ3n) is 4.51. The van der Waals surface area contributed by atoms with Gasteiger partial charge in [0.05, 0.1) is 12.2 Å². The number of amides is 2. The Kier molecular flexibility index (Phi) is 3.31. The average Bonchev–Trinajstić information content (AvgIpc) is 2.95. The number of carbonyl (C=O) groups is 2. The zero-order valence-electron chi connectivity index (χ0n) is 12.4. The van der Waals surface area contributed by atoms with Crippen molar-refractivity contribution in [2.24, 2.45) is 0 Å². The minimum atomic E-state index is -0.269. The molecule has 6 heteroatoms. The number of nitrogens with two attached hydrogens (primary N) is 1. The Hall–Kier alpha value is -2.11. The number of hydrogen-bond donors (Lipinski definition) is 1. The highest BCUT2D eigenvalue weighted by molar-refractivity contribution is 5.95. The first kappa shape index (κ1) is 13.9. The molecule has 0 spiro atoms. The van der Waals surface area contributed by atoms with Crippen LogP contribution in [0.15, 0.2) is 6.20 Å². The second-order valence-electron chi connectivity index (χ2n) is 5.87. The molecule has 1 aromatic heterocycles. The predicted octanol–water partition coefficient (Wildman–Crippen LogP) is 0.614. The van der Waals surface area contributed by atoms with Crippen molar-refractivity contribution in [2.45, 2.75) is 39.3 Å². The van der Waals surface area contributed by atoms with Crippen LogP contribution in [0.1, 0.15) is 29.7 Å². The van der Waals surface area contributed by atoms with E-state index in [2.05, 4.69) is 4.98 Å². The second kappa shape index (κ2) is 5.02. The summed E-state index contributed by atoms with van der Waals surface area (Å²) in [6, 6.07) is -0.269. The van der Waals surface area contributed by atoms with E-state index in [1.807, 2.05) is 13.8 Å². The average molecular weight is 288 g/mol. The van der Waals surface area contributed by atoms with Crippen LogP contribution in [0.4, 0.5) is 5.69 Å². The first-order chi connectivity index (χ1) is 9.99. The van der Waals surface area contributed by atoms with Crippen molar-refractivity contribution in [1.82, 2.24) is 14.8 Å². The van der Waals surface area contributed by atoms with E-state index in [0.717, 1.165) is 29.7 Å². The number of anilines is 1. The van der Waals surface area contributed by atoms with Crippen LogP contribution >= 0.6 is 0 Å². The summed E-state index contributed by atoms with van der Waals surface area (Å²) in [4.78, 5) is 32.3. The van der Waals surface area contributed by atoms with Crippen LogP contribution in [0.25, 0.3) is 0 Å². The Labute approximate surface area is 123 Å². The molecular weight excluding hydrogens is 268 g/mol. The van der Waals surface area contributed by atoms with Gasteiger partial charge >= 0.3 is 0 Å². The molecule has 112 valence electrons. The smallest absolute Gasteiger partial charge is 0.246 e. The summed E-state index contributed by atoms with van der Waals surface area (Å²) in [6.07, 6.45) is 3.39. The lowest BCUT2D eigenvalue weighted by atomic mass is 10.1. The van der Waals surface area contributed by atoms with E-state index in [1.165, 1.54) is 0 Å². The quantitative estimate of drug-likeness (QED) is 0.865. The fourth-order valence-corrected chi connectivity index (χ4v) is 3.13. The van der Waals surface area contributed by atoms with Gasteiger partial charge in [-0.3, -0.25) is 14.6 Å². The first-order valence-electron chi connectivity index (χ1n) is 7.28. The summed E-state index contributed by atoms with van der Waals surface area (Å²) in [5.74, 6) is 0.0716. The van der Waals surface area contributed by atoms with Gasteiger partial charge in [0, 0.05) is 18.4 Å². The van der Waals surface area contributed by atoms with Gasteiger partial charge in [-0.15, -0.1) is 0 Å². The van der Waals surface area contributed by atoms with E-state index in [9.17, 15) is 9.59 Å². The minimum Gasteiger partial charge on any atom is -0.398 e. The number of aromatic nitrogens is 1. The third-order valence-corrected chi connectivity index (χ3v) is 4.51. The summed E-state index contributed by atoms with van der Waals surface area (Å²) in [5, 5.41) is 0. The summed E-state index contributed by atoms with van der Waals surface area (Å²) >= 11 is 0. The van der Waals surface area contributed by atoms with Gasteiger partial charge < -0.3 is 15.5 Å². The molecule has 2 aliphatic rings. The van der Waals surface area contributed by atoms with Crippen molar-refractivity contribution in [3.63, 3.8) is 0 Å². The van der Waals surface area contributed by atoms with Crippen LogP contribution in [0.5, 0.6) is 0 Å². The van der Waals surface area contributed by atoms with Gasteiger partial charge in [0.15, 0.2) is 0 Å². The molecule has 2 N–H and O–H groups in total. The molecule has 0 aliphatic carbocycles. The first-order valence-corrected chi connectivity index (χ1v) is 7.28. The predicted molar refractivity (Wildman–Crippen MR) is 78.3 cm³/mol. The summed E-state index contributed by atoms with van der Waals surface area (Å²) in [6.45, 7) is 5.02. The largest absolute Gasteiger partial charge is 0.398 e. The second-order valence-corrected chi connectivity index (χ2v) is 5.87. The normalized spacial score (nSPS) is 21.9. The fraction of sp³-hybridized carbons (Fsp3) is 0.533. The van der Waals surface area contributed by atoms with Crippen molar-refractivity contribution in [1.29, 1.82) is 0 Å². The Bertz CT molecular complexity index is 614. The van der Waals surface area contributed by atoms with E-state index < -0.39 is 0 Å². The monoisotopic (exact) mass is 288 g/mol. The Balaban J connectivity index is 1.83. The molecule has 0 aromatic carbocycles. The zero-order chi connectivity index (χ0) is 15.1. The van der Waals surface area contributed by atoms with Crippen LogP contribution in [0, 0.1) is 13.8 Å². The number of hydrogen-bond acceptors (Lipinski definition) is 4.